The van der Waals surface area contributed by atoms with Crippen LogP contribution in [-0.4, -0.2) is 36.9 Å². The quantitative estimate of drug-likeness (QED) is 0.724. The fourth-order valence-corrected chi connectivity index (χ4v) is 3.34. The summed E-state index contributed by atoms with van der Waals surface area (Å²) >= 11 is 0. The van der Waals surface area contributed by atoms with Gasteiger partial charge in [0, 0.05) is 13.7 Å². The predicted octanol–water partition coefficient (Wildman–Crippen LogP) is 1.89. The zero-order chi connectivity index (χ0) is 13.1. The fraction of sp³-hybridized carbons (Fsp3) is 0.923. The van der Waals surface area contributed by atoms with Crippen LogP contribution >= 0.6 is 0 Å². The summed E-state index contributed by atoms with van der Waals surface area (Å²) in [5.74, 6) is -0.293. The minimum atomic E-state index is -0.778. The van der Waals surface area contributed by atoms with Crippen LogP contribution in [0.4, 0.5) is 0 Å². The van der Waals surface area contributed by atoms with Crippen LogP contribution in [0.3, 0.4) is 0 Å². The van der Waals surface area contributed by atoms with Gasteiger partial charge in [-0.05, 0) is 30.6 Å². The van der Waals surface area contributed by atoms with Gasteiger partial charge in [0.1, 0.15) is 5.54 Å². The molecule has 2 atom stereocenters. The van der Waals surface area contributed by atoms with E-state index in [1.165, 1.54) is 0 Å². The van der Waals surface area contributed by atoms with E-state index in [9.17, 15) is 9.90 Å². The Morgan fingerprint density at radius 1 is 1.47 bits per heavy atom. The van der Waals surface area contributed by atoms with Crippen molar-refractivity contribution >= 4 is 5.97 Å². The van der Waals surface area contributed by atoms with Crippen molar-refractivity contribution in [1.29, 1.82) is 0 Å². The Morgan fingerprint density at radius 3 is 2.59 bits per heavy atom. The standard InChI is InChI=1S/C13H25NO3/c1-10-7-12(2,3)9-13(8-10,11(15)16)14-5-6-17-4/h10,14H,5-9H2,1-4H3,(H,15,16). The highest BCUT2D eigenvalue weighted by Gasteiger charge is 2.47. The molecule has 0 radical (unpaired) electrons. The number of hydrogen-bond acceptors (Lipinski definition) is 3. The molecule has 0 amide bonds. The lowest BCUT2D eigenvalue weighted by Crippen LogP contribution is -2.58. The smallest absolute Gasteiger partial charge is 0.323 e. The number of hydrogen-bond donors (Lipinski definition) is 2. The first kappa shape index (κ1) is 14.5. The summed E-state index contributed by atoms with van der Waals surface area (Å²) < 4.78 is 4.98. The highest BCUT2D eigenvalue weighted by atomic mass is 16.5. The number of aliphatic carboxylic acids is 1. The maximum absolute atomic E-state index is 11.6. The lowest BCUT2D eigenvalue weighted by atomic mass is 9.64. The Bertz CT molecular complexity index is 278. The lowest BCUT2D eigenvalue weighted by molar-refractivity contribution is -0.149. The third kappa shape index (κ3) is 3.68. The highest BCUT2D eigenvalue weighted by molar-refractivity contribution is 5.79. The molecule has 1 rings (SSSR count). The molecular weight excluding hydrogens is 218 g/mol. The van der Waals surface area contributed by atoms with Gasteiger partial charge in [-0.3, -0.25) is 10.1 Å². The Hall–Kier alpha value is -0.610. The number of ether oxygens (including phenoxy) is 1. The van der Waals surface area contributed by atoms with Gasteiger partial charge in [-0.2, -0.15) is 0 Å². The zero-order valence-electron chi connectivity index (χ0n) is 11.4. The summed E-state index contributed by atoms with van der Waals surface area (Å²) in [4.78, 5) is 11.6. The molecule has 0 heterocycles. The second-order valence-corrected chi connectivity index (χ2v) is 6.16. The van der Waals surface area contributed by atoms with Gasteiger partial charge in [-0.15, -0.1) is 0 Å². The monoisotopic (exact) mass is 243 g/mol. The molecule has 4 nitrogen and oxygen atoms in total. The van der Waals surface area contributed by atoms with E-state index in [-0.39, 0.29) is 5.41 Å². The number of rotatable bonds is 5. The molecule has 4 heteroatoms. The van der Waals surface area contributed by atoms with Crippen molar-refractivity contribution < 1.29 is 14.6 Å². The van der Waals surface area contributed by atoms with Crippen LogP contribution in [-0.2, 0) is 9.53 Å². The van der Waals surface area contributed by atoms with Gasteiger partial charge in [-0.1, -0.05) is 20.8 Å². The molecule has 0 aromatic rings. The number of methoxy groups -OCH3 is 1. The summed E-state index contributed by atoms with van der Waals surface area (Å²) in [5.41, 5.74) is -0.699. The first-order valence-corrected chi connectivity index (χ1v) is 6.29. The average molecular weight is 243 g/mol. The van der Waals surface area contributed by atoms with E-state index in [0.29, 0.717) is 31.9 Å². The fourth-order valence-electron chi connectivity index (χ4n) is 3.34. The third-order valence-electron chi connectivity index (χ3n) is 3.56. The van der Waals surface area contributed by atoms with Gasteiger partial charge < -0.3 is 9.84 Å². The predicted molar refractivity (Wildman–Crippen MR) is 67.0 cm³/mol. The summed E-state index contributed by atoms with van der Waals surface area (Å²) in [5, 5.41) is 12.7. The summed E-state index contributed by atoms with van der Waals surface area (Å²) in [7, 11) is 1.63. The number of carboxylic acids is 1. The molecule has 2 unspecified atom stereocenters. The van der Waals surface area contributed by atoms with Crippen molar-refractivity contribution in [3.63, 3.8) is 0 Å². The van der Waals surface area contributed by atoms with E-state index in [1.54, 1.807) is 7.11 Å². The van der Waals surface area contributed by atoms with Crippen molar-refractivity contribution in [2.75, 3.05) is 20.3 Å². The molecule has 0 aromatic heterocycles. The number of carboxylic acid groups (broad SMARTS) is 1. The van der Waals surface area contributed by atoms with E-state index >= 15 is 0 Å². The maximum Gasteiger partial charge on any atom is 0.323 e. The Balaban J connectivity index is 2.79. The van der Waals surface area contributed by atoms with Crippen LogP contribution in [0.5, 0.6) is 0 Å². The van der Waals surface area contributed by atoms with E-state index in [1.807, 2.05) is 0 Å². The van der Waals surface area contributed by atoms with Gasteiger partial charge in [0.15, 0.2) is 0 Å². The van der Waals surface area contributed by atoms with Gasteiger partial charge >= 0.3 is 5.97 Å². The molecule has 1 saturated carbocycles. The molecule has 17 heavy (non-hydrogen) atoms. The van der Waals surface area contributed by atoms with Gasteiger partial charge in [0.25, 0.3) is 0 Å². The molecule has 0 saturated heterocycles. The zero-order valence-corrected chi connectivity index (χ0v) is 11.4. The molecule has 1 fully saturated rings. The first-order valence-electron chi connectivity index (χ1n) is 6.29. The summed E-state index contributed by atoms with van der Waals surface area (Å²) in [6.45, 7) is 7.57. The normalized spacial score (nSPS) is 32.4. The van der Waals surface area contributed by atoms with Crippen molar-refractivity contribution in [3.05, 3.63) is 0 Å². The average Bonchev–Trinajstić information content (AvgIpc) is 2.14. The topological polar surface area (TPSA) is 58.6 Å². The molecule has 1 aliphatic rings. The Labute approximate surface area is 104 Å². The Kier molecular flexibility index (Phi) is 4.55. The molecule has 100 valence electrons. The van der Waals surface area contributed by atoms with Crippen LogP contribution in [0.1, 0.15) is 40.0 Å². The largest absolute Gasteiger partial charge is 0.480 e. The molecule has 0 bridgehead atoms. The molecule has 0 aliphatic heterocycles. The van der Waals surface area contributed by atoms with E-state index < -0.39 is 11.5 Å². The van der Waals surface area contributed by atoms with Crippen molar-refractivity contribution in [3.8, 4) is 0 Å². The number of carbonyl (C=O) groups is 1. The molecular formula is C13H25NO3. The maximum atomic E-state index is 11.6. The van der Waals surface area contributed by atoms with Crippen LogP contribution in [0.25, 0.3) is 0 Å². The highest BCUT2D eigenvalue weighted by Crippen LogP contribution is 2.43. The second kappa shape index (κ2) is 5.36. The van der Waals surface area contributed by atoms with E-state index in [4.69, 9.17) is 4.74 Å². The molecule has 1 aliphatic carbocycles. The van der Waals surface area contributed by atoms with Crippen LogP contribution in [0.2, 0.25) is 0 Å². The Morgan fingerprint density at radius 2 is 2.12 bits per heavy atom. The number of nitrogens with one attached hydrogen (secondary N) is 1. The van der Waals surface area contributed by atoms with Gasteiger partial charge in [-0.25, -0.2) is 0 Å². The van der Waals surface area contributed by atoms with Crippen molar-refractivity contribution in [2.24, 2.45) is 11.3 Å². The van der Waals surface area contributed by atoms with Crippen molar-refractivity contribution in [1.82, 2.24) is 5.32 Å². The summed E-state index contributed by atoms with van der Waals surface area (Å²) in [6, 6.07) is 0. The molecule has 0 aromatic carbocycles. The van der Waals surface area contributed by atoms with Crippen LogP contribution < -0.4 is 5.32 Å². The summed E-state index contributed by atoms with van der Waals surface area (Å²) in [6.07, 6.45) is 2.48. The van der Waals surface area contributed by atoms with Crippen molar-refractivity contribution in [2.45, 2.75) is 45.6 Å². The van der Waals surface area contributed by atoms with Gasteiger partial charge in [0.2, 0.25) is 0 Å². The lowest BCUT2D eigenvalue weighted by Gasteiger charge is -2.45. The van der Waals surface area contributed by atoms with Crippen LogP contribution in [0, 0.1) is 11.3 Å². The van der Waals surface area contributed by atoms with E-state index in [0.717, 1.165) is 6.42 Å². The second-order valence-electron chi connectivity index (χ2n) is 6.16. The van der Waals surface area contributed by atoms with Crippen LogP contribution in [0.15, 0.2) is 0 Å². The third-order valence-corrected chi connectivity index (χ3v) is 3.56. The minimum absolute atomic E-state index is 0.0795. The first-order chi connectivity index (χ1) is 7.81. The van der Waals surface area contributed by atoms with E-state index in [2.05, 4.69) is 26.1 Å². The van der Waals surface area contributed by atoms with Gasteiger partial charge in [0.05, 0.1) is 6.61 Å². The minimum Gasteiger partial charge on any atom is -0.480 e. The SMILES string of the molecule is COCCNC1(C(=O)O)CC(C)CC(C)(C)C1. The molecule has 2 N–H and O–H groups in total. The molecule has 0 spiro atoms.